The van der Waals surface area contributed by atoms with E-state index in [0.29, 0.717) is 17.4 Å². The molecule has 140 valence electrons. The van der Waals surface area contributed by atoms with Crippen LogP contribution in [0.4, 0.5) is 0 Å². The molecule has 0 bridgehead atoms. The molecule has 0 unspecified atom stereocenters. The van der Waals surface area contributed by atoms with Crippen molar-refractivity contribution in [3.8, 4) is 0 Å². The molecule has 1 saturated heterocycles. The van der Waals surface area contributed by atoms with Crippen molar-refractivity contribution in [2.24, 2.45) is 5.92 Å². The molecule has 4 rings (SSSR count). The molecule has 0 aliphatic carbocycles. The Morgan fingerprint density at radius 2 is 2.12 bits per heavy atom. The number of hydrogen-bond acceptors (Lipinski definition) is 5. The van der Waals surface area contributed by atoms with Crippen molar-refractivity contribution in [2.75, 3.05) is 19.6 Å². The third-order valence-electron chi connectivity index (χ3n) is 5.51. The van der Waals surface area contributed by atoms with E-state index in [0.717, 1.165) is 43.0 Å². The quantitative estimate of drug-likeness (QED) is 0.785. The number of sulfonamides is 1. The molecular formula is C19H25N3O2S2. The minimum atomic E-state index is -3.43. The average Bonchev–Trinajstić information content (AvgIpc) is 3.29. The summed E-state index contributed by atoms with van der Waals surface area (Å²) in [6, 6.07) is 7.57. The highest BCUT2D eigenvalue weighted by Crippen LogP contribution is 2.49. The molecule has 0 amide bonds. The summed E-state index contributed by atoms with van der Waals surface area (Å²) in [4.78, 5) is 7.24. The summed E-state index contributed by atoms with van der Waals surface area (Å²) in [6.07, 6.45) is 3.55. The number of hydrogen-bond donors (Lipinski definition) is 0. The predicted octanol–water partition coefficient (Wildman–Crippen LogP) is 3.29. The van der Waals surface area contributed by atoms with Crippen LogP contribution in [0, 0.1) is 5.92 Å². The summed E-state index contributed by atoms with van der Waals surface area (Å²) in [5.41, 5.74) is 0.548. The van der Waals surface area contributed by atoms with E-state index >= 15 is 0 Å². The van der Waals surface area contributed by atoms with Crippen LogP contribution in [0.1, 0.15) is 37.3 Å². The Labute approximate surface area is 159 Å². The maximum absolute atomic E-state index is 13.3. The molecule has 3 heterocycles. The predicted molar refractivity (Wildman–Crippen MR) is 103 cm³/mol. The van der Waals surface area contributed by atoms with Crippen LogP contribution in [-0.4, -0.2) is 42.2 Å². The molecule has 0 saturated carbocycles. The summed E-state index contributed by atoms with van der Waals surface area (Å²) in [7, 11) is -3.43. The van der Waals surface area contributed by atoms with E-state index in [1.807, 2.05) is 29.8 Å². The number of fused-ring (bicyclic) bond motifs is 2. The summed E-state index contributed by atoms with van der Waals surface area (Å²) in [5, 5.41) is 3.08. The van der Waals surface area contributed by atoms with Gasteiger partial charge >= 0.3 is 0 Å². The number of thiazole rings is 1. The van der Waals surface area contributed by atoms with Crippen LogP contribution in [0.3, 0.4) is 0 Å². The monoisotopic (exact) mass is 391 g/mol. The highest BCUT2D eigenvalue weighted by Gasteiger charge is 2.56. The van der Waals surface area contributed by atoms with Crippen LogP contribution < -0.4 is 0 Å². The maximum atomic E-state index is 13.3. The van der Waals surface area contributed by atoms with E-state index in [9.17, 15) is 8.42 Å². The van der Waals surface area contributed by atoms with Crippen LogP contribution >= 0.6 is 11.3 Å². The second kappa shape index (κ2) is 6.71. The van der Waals surface area contributed by atoms with Crippen LogP contribution in [0.25, 0.3) is 0 Å². The van der Waals surface area contributed by atoms with Crippen LogP contribution in [0.15, 0.2) is 40.7 Å². The van der Waals surface area contributed by atoms with Gasteiger partial charge < -0.3 is 0 Å². The van der Waals surface area contributed by atoms with Crippen LogP contribution in [-0.2, 0) is 22.1 Å². The van der Waals surface area contributed by atoms with Gasteiger partial charge in [-0.25, -0.2) is 13.4 Å². The summed E-state index contributed by atoms with van der Waals surface area (Å²) in [5.74, 6) is 0.471. The summed E-state index contributed by atoms with van der Waals surface area (Å²) < 4.78 is 28.4. The van der Waals surface area contributed by atoms with Crippen molar-refractivity contribution >= 4 is 21.4 Å². The zero-order valence-electron chi connectivity index (χ0n) is 15.3. The fourth-order valence-electron chi connectivity index (χ4n) is 4.22. The van der Waals surface area contributed by atoms with E-state index in [4.69, 9.17) is 0 Å². The van der Waals surface area contributed by atoms with Crippen molar-refractivity contribution in [2.45, 2.75) is 43.7 Å². The Bertz CT molecular complexity index is 880. The van der Waals surface area contributed by atoms with Gasteiger partial charge in [0.1, 0.15) is 5.01 Å². The molecule has 1 atom stereocenters. The lowest BCUT2D eigenvalue weighted by atomic mass is 9.88. The number of nitrogens with zero attached hydrogens (tertiary/aromatic N) is 3. The minimum Gasteiger partial charge on any atom is -0.294 e. The van der Waals surface area contributed by atoms with E-state index in [1.165, 1.54) is 0 Å². The van der Waals surface area contributed by atoms with Gasteiger partial charge in [-0.2, -0.15) is 4.31 Å². The van der Waals surface area contributed by atoms with Gasteiger partial charge in [0.05, 0.1) is 17.0 Å². The molecule has 2 aromatic rings. The Morgan fingerprint density at radius 1 is 1.31 bits per heavy atom. The summed E-state index contributed by atoms with van der Waals surface area (Å²) in [6.45, 7) is 7.29. The number of benzene rings is 1. The second-order valence-corrected chi connectivity index (χ2v) is 10.5. The van der Waals surface area contributed by atoms with Crippen molar-refractivity contribution in [3.05, 3.63) is 46.4 Å². The topological polar surface area (TPSA) is 53.5 Å². The van der Waals surface area contributed by atoms with Crippen molar-refractivity contribution in [3.63, 3.8) is 0 Å². The van der Waals surface area contributed by atoms with Crippen LogP contribution in [0.5, 0.6) is 0 Å². The fourth-order valence-corrected chi connectivity index (χ4v) is 6.96. The summed E-state index contributed by atoms with van der Waals surface area (Å²) >= 11 is 1.66. The molecule has 1 aromatic heterocycles. The Hall–Kier alpha value is -1.28. The molecule has 2 aliphatic rings. The van der Waals surface area contributed by atoms with Gasteiger partial charge in [0.15, 0.2) is 0 Å². The van der Waals surface area contributed by atoms with Crippen LogP contribution in [0.2, 0.25) is 0 Å². The second-order valence-electron chi connectivity index (χ2n) is 7.67. The molecule has 26 heavy (non-hydrogen) atoms. The number of likely N-dealkylation sites (tertiary alicyclic amines) is 1. The molecule has 5 nitrogen and oxygen atoms in total. The fraction of sp³-hybridized carbons (Fsp3) is 0.526. The first-order valence-electron chi connectivity index (χ1n) is 9.16. The average molecular weight is 392 g/mol. The number of aromatic nitrogens is 1. The first-order valence-corrected chi connectivity index (χ1v) is 11.5. The molecule has 1 aromatic carbocycles. The third kappa shape index (κ3) is 2.91. The smallest absolute Gasteiger partial charge is 0.244 e. The van der Waals surface area contributed by atoms with Crippen molar-refractivity contribution in [1.82, 2.24) is 14.2 Å². The van der Waals surface area contributed by atoms with Gasteiger partial charge in [0, 0.05) is 31.2 Å². The van der Waals surface area contributed by atoms with Gasteiger partial charge in [-0.3, -0.25) is 4.90 Å². The Kier molecular flexibility index (Phi) is 4.67. The largest absolute Gasteiger partial charge is 0.294 e. The minimum absolute atomic E-state index is 0.429. The Balaban J connectivity index is 1.69. The first-order chi connectivity index (χ1) is 12.4. The highest BCUT2D eigenvalue weighted by atomic mass is 32.2. The SMILES string of the molecule is CC(C)CCN1[C@@]2(CCN(Cc3nccs3)C2)c2ccccc2S1(=O)=O. The molecular weight excluding hydrogens is 366 g/mol. The van der Waals surface area contributed by atoms with Gasteiger partial charge in [-0.15, -0.1) is 11.3 Å². The lowest BCUT2D eigenvalue weighted by Gasteiger charge is -2.34. The zero-order chi connectivity index (χ0) is 18.4. The molecule has 7 heteroatoms. The molecule has 0 radical (unpaired) electrons. The third-order valence-corrected chi connectivity index (χ3v) is 8.30. The zero-order valence-corrected chi connectivity index (χ0v) is 16.9. The van der Waals surface area contributed by atoms with E-state index in [2.05, 4.69) is 23.7 Å². The van der Waals surface area contributed by atoms with Gasteiger partial charge in [-0.05, 0) is 30.4 Å². The van der Waals surface area contributed by atoms with Gasteiger partial charge in [-0.1, -0.05) is 32.0 Å². The number of rotatable bonds is 5. The lowest BCUT2D eigenvalue weighted by Crippen LogP contribution is -2.46. The lowest BCUT2D eigenvalue weighted by molar-refractivity contribution is 0.183. The van der Waals surface area contributed by atoms with Gasteiger partial charge in [0.2, 0.25) is 10.0 Å². The van der Waals surface area contributed by atoms with Gasteiger partial charge in [0.25, 0.3) is 0 Å². The maximum Gasteiger partial charge on any atom is 0.244 e. The van der Waals surface area contributed by atoms with E-state index < -0.39 is 15.6 Å². The normalized spacial score (nSPS) is 25.3. The van der Waals surface area contributed by atoms with Crippen molar-refractivity contribution in [1.29, 1.82) is 0 Å². The van der Waals surface area contributed by atoms with E-state index in [-0.39, 0.29) is 0 Å². The molecule has 0 N–H and O–H groups in total. The molecule has 1 spiro atoms. The first kappa shape index (κ1) is 18.1. The van der Waals surface area contributed by atoms with E-state index in [1.54, 1.807) is 21.7 Å². The highest BCUT2D eigenvalue weighted by molar-refractivity contribution is 7.89. The molecule has 2 aliphatic heterocycles. The Morgan fingerprint density at radius 3 is 2.85 bits per heavy atom. The standard InChI is InChI=1S/C19H25N3O2S2/c1-15(2)7-10-22-19(16-5-3-4-6-17(16)26(22,23)24)8-11-21(14-19)13-18-20-9-12-25-18/h3-6,9,12,15H,7-8,10-11,13-14H2,1-2H3/t19-/m1/s1. The molecule has 1 fully saturated rings. The van der Waals surface area contributed by atoms with Crippen molar-refractivity contribution < 1.29 is 8.42 Å².